The Kier molecular flexibility index (Phi) is 13.6. The van der Waals surface area contributed by atoms with E-state index in [1.807, 2.05) is 37.3 Å². The molecule has 0 bridgehead atoms. The summed E-state index contributed by atoms with van der Waals surface area (Å²) < 4.78 is 12.3. The van der Waals surface area contributed by atoms with Crippen molar-refractivity contribution in [2.24, 2.45) is 0 Å². The van der Waals surface area contributed by atoms with E-state index >= 15 is 0 Å². The zero-order valence-corrected chi connectivity index (χ0v) is 23.5. The lowest BCUT2D eigenvalue weighted by molar-refractivity contribution is -0.919. The van der Waals surface area contributed by atoms with Crippen molar-refractivity contribution < 1.29 is 18.8 Å². The number of carbonyl (C=O) groups is 1. The maximum absolute atomic E-state index is 13.1. The molecule has 0 fully saturated rings. The molecule has 0 aromatic heterocycles. The smallest absolute Gasteiger partial charge is 0.368 e. The second-order valence-electron chi connectivity index (χ2n) is 10.7. The van der Waals surface area contributed by atoms with Crippen LogP contribution in [0.25, 0.3) is 0 Å². The minimum Gasteiger partial charge on any atom is -0.455 e. The molecule has 4 heteroatoms. The third-order valence-electron chi connectivity index (χ3n) is 6.99. The quantitative estimate of drug-likeness (QED) is 0.0905. The van der Waals surface area contributed by atoms with Crippen LogP contribution < -0.4 is 4.74 Å². The summed E-state index contributed by atoms with van der Waals surface area (Å²) in [4.78, 5) is 13.1. The van der Waals surface area contributed by atoms with E-state index in [4.69, 9.17) is 9.47 Å². The lowest BCUT2D eigenvalue weighted by Crippen LogP contribution is -2.53. The molecular formula is C32H50NO3+. The summed E-state index contributed by atoms with van der Waals surface area (Å²) in [6.07, 6.45) is 13.1. The van der Waals surface area contributed by atoms with Crippen molar-refractivity contribution in [3.8, 4) is 5.75 Å². The summed E-state index contributed by atoms with van der Waals surface area (Å²) in [6.45, 7) is 6.88. The molecule has 0 aliphatic heterocycles. The van der Waals surface area contributed by atoms with Crippen LogP contribution in [0.2, 0.25) is 0 Å². The number of likely N-dealkylation sites (N-methyl/N-ethyl adjacent to an activating group) is 1. The molecule has 0 radical (unpaired) electrons. The molecule has 0 saturated carbocycles. The van der Waals surface area contributed by atoms with E-state index in [0.717, 1.165) is 18.7 Å². The van der Waals surface area contributed by atoms with E-state index in [9.17, 15) is 4.79 Å². The number of benzene rings is 2. The Bertz CT molecular complexity index is 865. The van der Waals surface area contributed by atoms with Crippen molar-refractivity contribution in [2.45, 2.75) is 110 Å². The van der Waals surface area contributed by atoms with Gasteiger partial charge in [-0.15, -0.1) is 0 Å². The first-order valence-electron chi connectivity index (χ1n) is 14.2. The fourth-order valence-corrected chi connectivity index (χ4v) is 4.98. The number of carbonyl (C=O) groups excluding carboxylic acids is 1. The van der Waals surface area contributed by atoms with Crippen LogP contribution in [0.4, 0.5) is 0 Å². The predicted molar refractivity (Wildman–Crippen MR) is 150 cm³/mol. The molecule has 2 rings (SSSR count). The van der Waals surface area contributed by atoms with Gasteiger partial charge in [0.25, 0.3) is 0 Å². The number of quaternary nitrogens is 1. The van der Waals surface area contributed by atoms with Gasteiger partial charge in [-0.05, 0) is 30.5 Å². The van der Waals surface area contributed by atoms with E-state index in [2.05, 4.69) is 45.3 Å². The van der Waals surface area contributed by atoms with E-state index in [-0.39, 0.29) is 12.0 Å². The lowest BCUT2D eigenvalue weighted by Gasteiger charge is -2.36. The molecule has 2 aromatic rings. The van der Waals surface area contributed by atoms with Crippen molar-refractivity contribution in [1.29, 1.82) is 0 Å². The maximum Gasteiger partial charge on any atom is 0.368 e. The van der Waals surface area contributed by atoms with Crippen molar-refractivity contribution in [3.63, 3.8) is 0 Å². The summed E-state index contributed by atoms with van der Waals surface area (Å²) in [7, 11) is 4.17. The first-order valence-corrected chi connectivity index (χ1v) is 14.2. The standard InChI is InChI=1S/C32H50NO3/c1-6-8-9-10-11-12-13-14-16-20-28-23-19-24-30(25-28)35-27(3)36-32(34)31(7-2)33(4,5)26-29-21-17-15-18-22-29/h15,17-19,21-25,27,31H,6-14,16,20,26H2,1-5H3/q+1. The topological polar surface area (TPSA) is 35.5 Å². The first kappa shape index (κ1) is 29.9. The zero-order chi connectivity index (χ0) is 26.2. The second-order valence-corrected chi connectivity index (χ2v) is 10.7. The van der Waals surface area contributed by atoms with Crippen LogP contribution in [-0.2, 0) is 22.5 Å². The third kappa shape index (κ3) is 11.2. The van der Waals surface area contributed by atoms with Gasteiger partial charge in [-0.2, -0.15) is 0 Å². The van der Waals surface area contributed by atoms with Crippen LogP contribution in [0, 0.1) is 0 Å². The highest BCUT2D eigenvalue weighted by Gasteiger charge is 2.36. The van der Waals surface area contributed by atoms with Crippen LogP contribution in [0.1, 0.15) is 96.1 Å². The van der Waals surface area contributed by atoms with Crippen molar-refractivity contribution in [2.75, 3.05) is 14.1 Å². The van der Waals surface area contributed by atoms with E-state index in [1.54, 1.807) is 6.92 Å². The van der Waals surface area contributed by atoms with Crippen molar-refractivity contribution >= 4 is 5.97 Å². The lowest BCUT2D eigenvalue weighted by atomic mass is 10.0. The highest BCUT2D eigenvalue weighted by molar-refractivity contribution is 5.74. The Hall–Kier alpha value is -2.33. The van der Waals surface area contributed by atoms with Crippen LogP contribution in [0.5, 0.6) is 5.75 Å². The highest BCUT2D eigenvalue weighted by Crippen LogP contribution is 2.21. The Labute approximate surface area is 220 Å². The summed E-state index contributed by atoms with van der Waals surface area (Å²) >= 11 is 0. The highest BCUT2D eigenvalue weighted by atomic mass is 16.7. The molecule has 0 N–H and O–H groups in total. The summed E-state index contributed by atoms with van der Waals surface area (Å²) in [6, 6.07) is 18.2. The molecule has 0 amide bonds. The van der Waals surface area contributed by atoms with Crippen LogP contribution in [0.15, 0.2) is 54.6 Å². The Morgan fingerprint density at radius 1 is 0.806 bits per heavy atom. The van der Waals surface area contributed by atoms with Gasteiger partial charge in [0.15, 0.2) is 6.04 Å². The van der Waals surface area contributed by atoms with Gasteiger partial charge >= 0.3 is 5.97 Å². The molecule has 2 aromatic carbocycles. The molecule has 4 nitrogen and oxygen atoms in total. The normalized spacial score (nSPS) is 13.2. The minimum absolute atomic E-state index is 0.211. The van der Waals surface area contributed by atoms with Gasteiger partial charge in [0.1, 0.15) is 12.3 Å². The van der Waals surface area contributed by atoms with Crippen molar-refractivity contribution in [1.82, 2.24) is 0 Å². The number of unbranched alkanes of at least 4 members (excludes halogenated alkanes) is 8. The van der Waals surface area contributed by atoms with Gasteiger partial charge in [0, 0.05) is 18.9 Å². The Morgan fingerprint density at radius 3 is 2.06 bits per heavy atom. The number of nitrogens with zero attached hydrogens (tertiary/aromatic N) is 1. The van der Waals surface area contributed by atoms with Crippen molar-refractivity contribution in [3.05, 3.63) is 65.7 Å². The van der Waals surface area contributed by atoms with Crippen LogP contribution in [0.3, 0.4) is 0 Å². The average Bonchev–Trinajstić information content (AvgIpc) is 2.83. The monoisotopic (exact) mass is 496 g/mol. The molecule has 0 heterocycles. The summed E-state index contributed by atoms with van der Waals surface area (Å²) in [5, 5.41) is 0. The van der Waals surface area contributed by atoms with E-state index in [1.165, 1.54) is 68.9 Å². The zero-order valence-electron chi connectivity index (χ0n) is 23.5. The predicted octanol–water partition coefficient (Wildman–Crippen LogP) is 8.08. The fraction of sp³-hybridized carbons (Fsp3) is 0.594. The summed E-state index contributed by atoms with van der Waals surface area (Å²) in [5.41, 5.74) is 2.49. The van der Waals surface area contributed by atoms with E-state index in [0.29, 0.717) is 10.9 Å². The molecule has 0 spiro atoms. The molecule has 2 unspecified atom stereocenters. The fourth-order valence-electron chi connectivity index (χ4n) is 4.98. The molecule has 0 saturated heterocycles. The molecule has 0 aliphatic carbocycles. The number of hydrogen-bond acceptors (Lipinski definition) is 3. The van der Waals surface area contributed by atoms with Gasteiger partial charge in [0.05, 0.1) is 14.1 Å². The third-order valence-corrected chi connectivity index (χ3v) is 6.99. The second kappa shape index (κ2) is 16.4. The van der Waals surface area contributed by atoms with Gasteiger partial charge < -0.3 is 14.0 Å². The minimum atomic E-state index is -0.633. The number of rotatable bonds is 18. The maximum atomic E-state index is 13.1. The van der Waals surface area contributed by atoms with Crippen LogP contribution in [-0.4, -0.2) is 36.9 Å². The van der Waals surface area contributed by atoms with Gasteiger partial charge in [0.2, 0.25) is 6.29 Å². The molecule has 200 valence electrons. The molecule has 2 atom stereocenters. The molecular weight excluding hydrogens is 446 g/mol. The SMILES string of the molecule is CCCCCCCCCCCc1cccc(OC(C)OC(=O)C(CC)[N+](C)(C)Cc2ccccc2)c1. The number of hydrogen-bond donors (Lipinski definition) is 0. The molecule has 36 heavy (non-hydrogen) atoms. The summed E-state index contributed by atoms with van der Waals surface area (Å²) in [5.74, 6) is 0.548. The number of ether oxygens (including phenoxy) is 2. The van der Waals surface area contributed by atoms with E-state index < -0.39 is 6.29 Å². The Morgan fingerprint density at radius 2 is 1.42 bits per heavy atom. The first-order chi connectivity index (χ1) is 17.4. The Balaban J connectivity index is 1.77. The number of aryl methyl sites for hydroxylation is 1. The molecule has 0 aliphatic rings. The number of esters is 1. The largest absolute Gasteiger partial charge is 0.455 e. The van der Waals surface area contributed by atoms with Gasteiger partial charge in [-0.3, -0.25) is 0 Å². The van der Waals surface area contributed by atoms with Crippen LogP contribution >= 0.6 is 0 Å². The van der Waals surface area contributed by atoms with Gasteiger partial charge in [-0.1, -0.05) is 108 Å². The van der Waals surface area contributed by atoms with Gasteiger partial charge in [-0.25, -0.2) is 4.79 Å². The average molecular weight is 497 g/mol.